The number of ether oxygens (including phenoxy) is 2. The van der Waals surface area contributed by atoms with Crippen LogP contribution in [0, 0.1) is 0 Å². The van der Waals surface area contributed by atoms with Crippen molar-refractivity contribution in [3.05, 3.63) is 42.0 Å². The molecule has 0 bridgehead atoms. The minimum atomic E-state index is -0.822. The molecule has 138 valence electrons. The van der Waals surface area contributed by atoms with E-state index in [1.807, 2.05) is 31.2 Å². The van der Waals surface area contributed by atoms with Crippen LogP contribution in [0.1, 0.15) is 52.7 Å². The topological polar surface area (TPSA) is 64.6 Å². The molecule has 0 heterocycles. The van der Waals surface area contributed by atoms with Crippen molar-refractivity contribution in [2.75, 3.05) is 0 Å². The van der Waals surface area contributed by atoms with Crippen LogP contribution in [-0.2, 0) is 20.7 Å². The van der Waals surface area contributed by atoms with E-state index in [1.54, 1.807) is 34.6 Å². The number of rotatable bonds is 6. The number of alkyl carbamates (subject to hydrolysis) is 1. The highest BCUT2D eigenvalue weighted by Crippen LogP contribution is 2.15. The van der Waals surface area contributed by atoms with Crippen molar-refractivity contribution < 1.29 is 19.1 Å². The maximum Gasteiger partial charge on any atom is 0.408 e. The maximum atomic E-state index is 12.4. The summed E-state index contributed by atoms with van der Waals surface area (Å²) < 4.78 is 10.5. The lowest BCUT2D eigenvalue weighted by atomic mass is 10.0. The standard InChI is InChI=1S/C20H29NO4/c1-13(2)16-10-8-9-15(11-16)12-17(18(22)24-14(3)4)21-19(23)25-20(5,6)7/h8-11,14,17H,1,12H2,2-7H3,(H,21,23)/t17-/m1/s1. The molecule has 0 aliphatic rings. The first kappa shape index (κ1) is 20.7. The van der Waals surface area contributed by atoms with E-state index in [0.29, 0.717) is 6.42 Å². The summed E-state index contributed by atoms with van der Waals surface area (Å²) in [5.41, 5.74) is 2.19. The molecule has 0 aliphatic heterocycles. The molecule has 0 fully saturated rings. The van der Waals surface area contributed by atoms with Crippen LogP contribution in [0.4, 0.5) is 4.79 Å². The van der Waals surface area contributed by atoms with Gasteiger partial charge in [0.2, 0.25) is 0 Å². The fourth-order valence-corrected chi connectivity index (χ4v) is 2.16. The number of esters is 1. The number of carbonyl (C=O) groups excluding carboxylic acids is 2. The van der Waals surface area contributed by atoms with E-state index in [0.717, 1.165) is 16.7 Å². The van der Waals surface area contributed by atoms with Gasteiger partial charge >= 0.3 is 12.1 Å². The van der Waals surface area contributed by atoms with Gasteiger partial charge in [0.15, 0.2) is 0 Å². The van der Waals surface area contributed by atoms with Crippen LogP contribution >= 0.6 is 0 Å². The van der Waals surface area contributed by atoms with Crippen LogP contribution in [0.25, 0.3) is 5.57 Å². The summed E-state index contributed by atoms with van der Waals surface area (Å²) in [5.74, 6) is -0.485. The first-order valence-corrected chi connectivity index (χ1v) is 8.43. The van der Waals surface area contributed by atoms with Crippen molar-refractivity contribution in [3.63, 3.8) is 0 Å². The zero-order valence-corrected chi connectivity index (χ0v) is 16.0. The molecule has 0 radical (unpaired) electrons. The van der Waals surface area contributed by atoms with Crippen molar-refractivity contribution in [3.8, 4) is 0 Å². The van der Waals surface area contributed by atoms with Gasteiger partial charge in [0.05, 0.1) is 6.10 Å². The summed E-state index contributed by atoms with van der Waals surface area (Å²) in [6.07, 6.45) is -0.599. The number of benzene rings is 1. The van der Waals surface area contributed by atoms with Gasteiger partial charge in [-0.3, -0.25) is 0 Å². The predicted octanol–water partition coefficient (Wildman–Crippen LogP) is 4.11. The molecule has 5 heteroatoms. The Morgan fingerprint density at radius 2 is 1.88 bits per heavy atom. The summed E-state index contributed by atoms with van der Waals surface area (Å²) in [5, 5.41) is 2.62. The minimum absolute atomic E-state index is 0.266. The molecule has 0 saturated heterocycles. The number of nitrogens with one attached hydrogen (secondary N) is 1. The second-order valence-corrected chi connectivity index (χ2v) is 7.37. The van der Waals surface area contributed by atoms with E-state index in [2.05, 4.69) is 11.9 Å². The van der Waals surface area contributed by atoms with E-state index in [9.17, 15) is 9.59 Å². The Kier molecular flexibility index (Phi) is 7.22. The number of hydrogen-bond donors (Lipinski definition) is 1. The van der Waals surface area contributed by atoms with Crippen LogP contribution in [0.3, 0.4) is 0 Å². The van der Waals surface area contributed by atoms with Gasteiger partial charge in [0.25, 0.3) is 0 Å². The monoisotopic (exact) mass is 347 g/mol. The van der Waals surface area contributed by atoms with E-state index in [1.165, 1.54) is 0 Å². The van der Waals surface area contributed by atoms with E-state index < -0.39 is 23.7 Å². The highest BCUT2D eigenvalue weighted by atomic mass is 16.6. The van der Waals surface area contributed by atoms with Crippen LogP contribution in [0.2, 0.25) is 0 Å². The molecule has 0 aromatic heterocycles. The third-order valence-corrected chi connectivity index (χ3v) is 3.19. The van der Waals surface area contributed by atoms with Gasteiger partial charge in [-0.2, -0.15) is 0 Å². The molecule has 1 aromatic rings. The largest absolute Gasteiger partial charge is 0.461 e. The molecule has 0 unspecified atom stereocenters. The molecule has 1 rings (SSSR count). The minimum Gasteiger partial charge on any atom is -0.461 e. The molecule has 1 amide bonds. The van der Waals surface area contributed by atoms with Gasteiger partial charge < -0.3 is 14.8 Å². The van der Waals surface area contributed by atoms with Crippen LogP contribution < -0.4 is 5.32 Å². The van der Waals surface area contributed by atoms with Gasteiger partial charge in [0.1, 0.15) is 11.6 Å². The average Bonchev–Trinajstić information content (AvgIpc) is 2.44. The lowest BCUT2D eigenvalue weighted by Gasteiger charge is -2.23. The zero-order valence-electron chi connectivity index (χ0n) is 16.0. The van der Waals surface area contributed by atoms with Gasteiger partial charge in [-0.15, -0.1) is 0 Å². The molecule has 1 atom stereocenters. The Balaban J connectivity index is 2.94. The molecule has 25 heavy (non-hydrogen) atoms. The predicted molar refractivity (Wildman–Crippen MR) is 99.2 cm³/mol. The van der Waals surface area contributed by atoms with Gasteiger partial charge in [-0.05, 0) is 52.7 Å². The van der Waals surface area contributed by atoms with Crippen molar-refractivity contribution in [2.24, 2.45) is 0 Å². The Morgan fingerprint density at radius 1 is 1.24 bits per heavy atom. The number of hydrogen-bond acceptors (Lipinski definition) is 4. The Hall–Kier alpha value is -2.30. The first-order valence-electron chi connectivity index (χ1n) is 8.43. The van der Waals surface area contributed by atoms with Crippen molar-refractivity contribution >= 4 is 17.6 Å². The number of amides is 1. The zero-order chi connectivity index (χ0) is 19.2. The summed E-state index contributed by atoms with van der Waals surface area (Å²) in [7, 11) is 0. The lowest BCUT2D eigenvalue weighted by molar-refractivity contribution is -0.149. The summed E-state index contributed by atoms with van der Waals surface area (Å²) in [6.45, 7) is 14.7. The molecule has 1 N–H and O–H groups in total. The van der Waals surface area contributed by atoms with Crippen LogP contribution in [0.5, 0.6) is 0 Å². The van der Waals surface area contributed by atoms with Gasteiger partial charge in [-0.25, -0.2) is 9.59 Å². The highest BCUT2D eigenvalue weighted by molar-refractivity contribution is 5.82. The molecule has 0 spiro atoms. The fourth-order valence-electron chi connectivity index (χ4n) is 2.16. The molecule has 0 aliphatic carbocycles. The number of allylic oxidation sites excluding steroid dienone is 1. The lowest BCUT2D eigenvalue weighted by Crippen LogP contribution is -2.46. The van der Waals surface area contributed by atoms with Crippen molar-refractivity contribution in [1.29, 1.82) is 0 Å². The van der Waals surface area contributed by atoms with Crippen molar-refractivity contribution in [1.82, 2.24) is 5.32 Å². The van der Waals surface area contributed by atoms with E-state index in [4.69, 9.17) is 9.47 Å². The SMILES string of the molecule is C=C(C)c1cccc(C[C@@H](NC(=O)OC(C)(C)C)C(=O)OC(C)C)c1. The maximum absolute atomic E-state index is 12.4. The molecule has 1 aromatic carbocycles. The Labute approximate surface area is 150 Å². The second-order valence-electron chi connectivity index (χ2n) is 7.37. The second kappa shape index (κ2) is 8.70. The Morgan fingerprint density at radius 3 is 2.40 bits per heavy atom. The quantitative estimate of drug-likeness (QED) is 0.787. The summed E-state index contributed by atoms with van der Waals surface area (Å²) >= 11 is 0. The summed E-state index contributed by atoms with van der Waals surface area (Å²) in [4.78, 5) is 24.4. The van der Waals surface area contributed by atoms with Crippen LogP contribution in [-0.4, -0.2) is 29.8 Å². The first-order chi connectivity index (χ1) is 11.5. The number of carbonyl (C=O) groups is 2. The third-order valence-electron chi connectivity index (χ3n) is 3.19. The summed E-state index contributed by atoms with van der Waals surface area (Å²) in [6, 6.07) is 6.89. The fraction of sp³-hybridized carbons (Fsp3) is 0.500. The molecular formula is C20H29NO4. The van der Waals surface area contributed by atoms with Gasteiger partial charge in [0, 0.05) is 6.42 Å². The van der Waals surface area contributed by atoms with E-state index >= 15 is 0 Å². The molecule has 0 saturated carbocycles. The third kappa shape index (κ3) is 7.88. The average molecular weight is 347 g/mol. The normalized spacial score (nSPS) is 12.4. The van der Waals surface area contributed by atoms with Gasteiger partial charge in [-0.1, -0.05) is 36.4 Å². The molecule has 5 nitrogen and oxygen atoms in total. The Bertz CT molecular complexity index is 629. The van der Waals surface area contributed by atoms with Crippen LogP contribution in [0.15, 0.2) is 30.8 Å². The molecular weight excluding hydrogens is 318 g/mol. The van der Waals surface area contributed by atoms with Crippen molar-refractivity contribution in [2.45, 2.75) is 65.7 Å². The highest BCUT2D eigenvalue weighted by Gasteiger charge is 2.26. The smallest absolute Gasteiger partial charge is 0.408 e. The van der Waals surface area contributed by atoms with E-state index in [-0.39, 0.29) is 6.10 Å².